The van der Waals surface area contributed by atoms with E-state index in [0.717, 1.165) is 24.3 Å². The molecule has 0 aliphatic heterocycles. The normalized spacial score (nSPS) is 25.3. The molecule has 1 aromatic carbocycles. The van der Waals surface area contributed by atoms with Crippen LogP contribution >= 0.6 is 0 Å². The standard InChI is InChI=1S/C14H20F2N2/c1-9-2-4-11(6-9)14(18-17)8-10-3-5-12(15)13(16)7-10/h3,5,7,9,11,14,18H,2,4,6,8,17H2,1H3. The van der Waals surface area contributed by atoms with Gasteiger partial charge in [0.1, 0.15) is 0 Å². The van der Waals surface area contributed by atoms with Gasteiger partial charge in [0.05, 0.1) is 0 Å². The summed E-state index contributed by atoms with van der Waals surface area (Å²) in [7, 11) is 0. The molecule has 1 aliphatic carbocycles. The van der Waals surface area contributed by atoms with Crippen molar-refractivity contribution >= 4 is 0 Å². The molecule has 3 atom stereocenters. The molecule has 0 amide bonds. The second-order valence-electron chi connectivity index (χ2n) is 5.40. The highest BCUT2D eigenvalue weighted by atomic mass is 19.2. The van der Waals surface area contributed by atoms with Gasteiger partial charge in [-0.2, -0.15) is 0 Å². The number of hydrogen-bond acceptors (Lipinski definition) is 2. The molecule has 0 aromatic heterocycles. The Morgan fingerprint density at radius 3 is 2.67 bits per heavy atom. The molecule has 1 saturated carbocycles. The van der Waals surface area contributed by atoms with Crippen LogP contribution in [0.2, 0.25) is 0 Å². The molecule has 0 heterocycles. The maximum atomic E-state index is 13.1. The Labute approximate surface area is 107 Å². The zero-order chi connectivity index (χ0) is 13.1. The van der Waals surface area contributed by atoms with Crippen LogP contribution in [0.4, 0.5) is 8.78 Å². The summed E-state index contributed by atoms with van der Waals surface area (Å²) >= 11 is 0. The van der Waals surface area contributed by atoms with Crippen molar-refractivity contribution < 1.29 is 8.78 Å². The largest absolute Gasteiger partial charge is 0.271 e. The molecular formula is C14H20F2N2. The smallest absolute Gasteiger partial charge is 0.159 e. The number of halogens is 2. The van der Waals surface area contributed by atoms with Gasteiger partial charge in [-0.05, 0) is 48.8 Å². The van der Waals surface area contributed by atoms with Crippen LogP contribution in [0.15, 0.2) is 18.2 Å². The van der Waals surface area contributed by atoms with Crippen molar-refractivity contribution in [3.63, 3.8) is 0 Å². The van der Waals surface area contributed by atoms with Gasteiger partial charge in [-0.3, -0.25) is 11.3 Å². The Morgan fingerprint density at radius 1 is 1.33 bits per heavy atom. The minimum Gasteiger partial charge on any atom is -0.271 e. The van der Waals surface area contributed by atoms with Crippen molar-refractivity contribution in [1.29, 1.82) is 0 Å². The average Bonchev–Trinajstić information content (AvgIpc) is 2.77. The fraction of sp³-hybridized carbons (Fsp3) is 0.571. The number of hydrazine groups is 1. The fourth-order valence-corrected chi connectivity index (χ4v) is 2.90. The summed E-state index contributed by atoms with van der Waals surface area (Å²) in [5.74, 6) is 5.26. The van der Waals surface area contributed by atoms with E-state index in [-0.39, 0.29) is 6.04 Å². The van der Waals surface area contributed by atoms with Gasteiger partial charge >= 0.3 is 0 Å². The molecular weight excluding hydrogens is 234 g/mol. The quantitative estimate of drug-likeness (QED) is 0.640. The van der Waals surface area contributed by atoms with E-state index < -0.39 is 11.6 Å². The third-order valence-electron chi connectivity index (χ3n) is 3.96. The molecule has 1 fully saturated rings. The molecule has 3 unspecified atom stereocenters. The highest BCUT2D eigenvalue weighted by Crippen LogP contribution is 2.33. The molecule has 1 aromatic rings. The summed E-state index contributed by atoms with van der Waals surface area (Å²) in [6.45, 7) is 2.24. The van der Waals surface area contributed by atoms with E-state index in [1.165, 1.54) is 18.6 Å². The molecule has 0 saturated heterocycles. The van der Waals surface area contributed by atoms with Crippen LogP contribution in [-0.4, -0.2) is 6.04 Å². The summed E-state index contributed by atoms with van der Waals surface area (Å²) < 4.78 is 26.0. The van der Waals surface area contributed by atoms with E-state index in [1.54, 1.807) is 6.07 Å². The first-order valence-corrected chi connectivity index (χ1v) is 6.50. The summed E-state index contributed by atoms with van der Waals surface area (Å²) in [5.41, 5.74) is 3.62. The van der Waals surface area contributed by atoms with E-state index in [4.69, 9.17) is 5.84 Å². The lowest BCUT2D eigenvalue weighted by Crippen LogP contribution is -2.41. The Morgan fingerprint density at radius 2 is 2.11 bits per heavy atom. The SMILES string of the molecule is CC1CCC(C(Cc2ccc(F)c(F)c2)NN)C1. The van der Waals surface area contributed by atoms with Gasteiger partial charge in [-0.1, -0.05) is 19.4 Å². The Balaban J connectivity index is 2.03. The predicted molar refractivity (Wildman–Crippen MR) is 67.7 cm³/mol. The summed E-state index contributed by atoms with van der Waals surface area (Å²) in [6.07, 6.45) is 4.17. The number of benzene rings is 1. The van der Waals surface area contributed by atoms with Crippen molar-refractivity contribution in [1.82, 2.24) is 5.43 Å². The van der Waals surface area contributed by atoms with Gasteiger partial charge in [0.15, 0.2) is 11.6 Å². The van der Waals surface area contributed by atoms with Crippen molar-refractivity contribution in [3.05, 3.63) is 35.4 Å². The zero-order valence-electron chi connectivity index (χ0n) is 10.6. The maximum Gasteiger partial charge on any atom is 0.159 e. The molecule has 100 valence electrons. The lowest BCUT2D eigenvalue weighted by molar-refractivity contribution is 0.352. The van der Waals surface area contributed by atoms with Gasteiger partial charge in [-0.25, -0.2) is 8.78 Å². The number of rotatable bonds is 4. The zero-order valence-corrected chi connectivity index (χ0v) is 10.6. The minimum atomic E-state index is -0.800. The molecule has 18 heavy (non-hydrogen) atoms. The number of nitrogens with two attached hydrogens (primary N) is 1. The molecule has 0 spiro atoms. The van der Waals surface area contributed by atoms with Crippen molar-refractivity contribution in [3.8, 4) is 0 Å². The molecule has 2 nitrogen and oxygen atoms in total. The van der Waals surface area contributed by atoms with Crippen LogP contribution in [0, 0.1) is 23.5 Å². The summed E-state index contributed by atoms with van der Waals surface area (Å²) in [6, 6.07) is 4.20. The average molecular weight is 254 g/mol. The third kappa shape index (κ3) is 3.06. The van der Waals surface area contributed by atoms with Gasteiger partial charge in [-0.15, -0.1) is 0 Å². The van der Waals surface area contributed by atoms with E-state index in [2.05, 4.69) is 12.3 Å². The second kappa shape index (κ2) is 5.76. The molecule has 1 aliphatic rings. The van der Waals surface area contributed by atoms with Gasteiger partial charge in [0, 0.05) is 6.04 Å². The van der Waals surface area contributed by atoms with E-state index in [1.807, 2.05) is 0 Å². The van der Waals surface area contributed by atoms with Crippen molar-refractivity contribution in [2.45, 2.75) is 38.6 Å². The highest BCUT2D eigenvalue weighted by Gasteiger charge is 2.28. The molecule has 0 radical (unpaired) electrons. The van der Waals surface area contributed by atoms with Crippen LogP contribution in [0.25, 0.3) is 0 Å². The van der Waals surface area contributed by atoms with Gasteiger partial charge < -0.3 is 0 Å². The van der Waals surface area contributed by atoms with Crippen molar-refractivity contribution in [2.75, 3.05) is 0 Å². The number of hydrogen-bond donors (Lipinski definition) is 2. The van der Waals surface area contributed by atoms with Crippen molar-refractivity contribution in [2.24, 2.45) is 17.7 Å². The van der Waals surface area contributed by atoms with Crippen LogP contribution in [0.5, 0.6) is 0 Å². The lowest BCUT2D eigenvalue weighted by atomic mass is 9.92. The van der Waals surface area contributed by atoms with E-state index in [0.29, 0.717) is 12.3 Å². The Bertz CT molecular complexity index is 409. The Kier molecular flexibility index (Phi) is 4.30. The first kappa shape index (κ1) is 13.4. The highest BCUT2D eigenvalue weighted by molar-refractivity contribution is 5.19. The van der Waals surface area contributed by atoms with E-state index >= 15 is 0 Å². The van der Waals surface area contributed by atoms with Gasteiger partial charge in [0.25, 0.3) is 0 Å². The first-order chi connectivity index (χ1) is 8.60. The van der Waals surface area contributed by atoms with Crippen LogP contribution in [-0.2, 0) is 6.42 Å². The topological polar surface area (TPSA) is 38.0 Å². The van der Waals surface area contributed by atoms with Crippen LogP contribution in [0.3, 0.4) is 0 Å². The minimum absolute atomic E-state index is 0.139. The number of nitrogens with one attached hydrogen (secondary N) is 1. The molecule has 3 N–H and O–H groups in total. The Hall–Kier alpha value is -1.00. The molecule has 2 rings (SSSR count). The first-order valence-electron chi connectivity index (χ1n) is 6.50. The van der Waals surface area contributed by atoms with E-state index in [9.17, 15) is 8.78 Å². The molecule has 0 bridgehead atoms. The van der Waals surface area contributed by atoms with Crippen LogP contribution in [0.1, 0.15) is 31.7 Å². The van der Waals surface area contributed by atoms with Crippen LogP contribution < -0.4 is 11.3 Å². The monoisotopic (exact) mass is 254 g/mol. The fourth-order valence-electron chi connectivity index (χ4n) is 2.90. The lowest BCUT2D eigenvalue weighted by Gasteiger charge is -2.23. The summed E-state index contributed by atoms with van der Waals surface area (Å²) in [4.78, 5) is 0. The second-order valence-corrected chi connectivity index (χ2v) is 5.40. The third-order valence-corrected chi connectivity index (χ3v) is 3.96. The maximum absolute atomic E-state index is 13.1. The summed E-state index contributed by atoms with van der Waals surface area (Å²) in [5, 5.41) is 0. The van der Waals surface area contributed by atoms with Gasteiger partial charge in [0.2, 0.25) is 0 Å². The molecule has 4 heteroatoms. The predicted octanol–water partition coefficient (Wildman–Crippen LogP) is 2.78.